The molecule has 136 valence electrons. The molecule has 0 radical (unpaired) electrons. The maximum Gasteiger partial charge on any atom is 0.257 e. The first-order valence-corrected chi connectivity index (χ1v) is 9.58. The summed E-state index contributed by atoms with van der Waals surface area (Å²) in [4.78, 5) is 26.2. The van der Waals surface area contributed by atoms with Crippen LogP contribution in [0.2, 0.25) is 0 Å². The van der Waals surface area contributed by atoms with Crippen molar-refractivity contribution in [2.24, 2.45) is 5.92 Å². The molecule has 1 aromatic carbocycles. The molecular weight excluding hydrogens is 340 g/mol. The van der Waals surface area contributed by atoms with Crippen LogP contribution in [-0.2, 0) is 19.6 Å². The van der Waals surface area contributed by atoms with Gasteiger partial charge in [-0.1, -0.05) is 36.4 Å². The van der Waals surface area contributed by atoms with Gasteiger partial charge in [-0.25, -0.2) is 13.1 Å². The second-order valence-electron chi connectivity index (χ2n) is 5.31. The van der Waals surface area contributed by atoms with Crippen molar-refractivity contribution < 1.29 is 18.0 Å². The van der Waals surface area contributed by atoms with Crippen molar-refractivity contribution in [3.63, 3.8) is 0 Å². The molecule has 1 rings (SSSR count). The van der Waals surface area contributed by atoms with Gasteiger partial charge in [0.1, 0.15) is 5.92 Å². The van der Waals surface area contributed by atoms with E-state index >= 15 is 0 Å². The standard InChI is InChI=1S/C18H24N2O4S/c1-4-10-16(18(22)20(5-2)6-3)17(21)19-25(23,24)14-13-15-11-8-7-9-12-15/h4,7-9,11-14,16H,1,5-6,10H2,2-3H3,(H,19,21). The molecule has 0 heterocycles. The first kappa shape index (κ1) is 20.6. The van der Waals surface area contributed by atoms with E-state index in [9.17, 15) is 18.0 Å². The van der Waals surface area contributed by atoms with Crippen molar-refractivity contribution in [3.05, 3.63) is 54.0 Å². The highest BCUT2D eigenvalue weighted by Crippen LogP contribution is 2.11. The van der Waals surface area contributed by atoms with Gasteiger partial charge in [-0.2, -0.15) is 0 Å². The molecule has 6 nitrogen and oxygen atoms in total. The quantitative estimate of drug-likeness (QED) is 0.538. The molecule has 0 spiro atoms. The van der Waals surface area contributed by atoms with E-state index in [0.29, 0.717) is 18.7 Å². The van der Waals surface area contributed by atoms with E-state index in [1.807, 2.05) is 10.8 Å². The molecule has 1 N–H and O–H groups in total. The average molecular weight is 364 g/mol. The topological polar surface area (TPSA) is 83.5 Å². The number of carbonyl (C=O) groups excluding carboxylic acids is 2. The molecule has 1 aromatic rings. The molecule has 0 aliphatic carbocycles. The van der Waals surface area contributed by atoms with Gasteiger partial charge < -0.3 is 4.90 Å². The summed E-state index contributed by atoms with van der Waals surface area (Å²) in [5.41, 5.74) is 0.683. The maximum absolute atomic E-state index is 12.4. The Morgan fingerprint density at radius 3 is 2.32 bits per heavy atom. The number of nitrogens with zero attached hydrogens (tertiary/aromatic N) is 1. The van der Waals surface area contributed by atoms with E-state index in [4.69, 9.17) is 0 Å². The first-order chi connectivity index (χ1) is 11.8. The third kappa shape index (κ3) is 6.54. The van der Waals surface area contributed by atoms with Crippen LogP contribution in [0.1, 0.15) is 25.8 Å². The van der Waals surface area contributed by atoms with E-state index in [0.717, 1.165) is 5.41 Å². The third-order valence-corrected chi connectivity index (χ3v) is 4.55. The number of amides is 2. The summed E-state index contributed by atoms with van der Waals surface area (Å²) in [6, 6.07) is 8.82. The number of rotatable bonds is 9. The molecule has 0 fully saturated rings. The lowest BCUT2D eigenvalue weighted by Gasteiger charge is -2.23. The number of benzene rings is 1. The van der Waals surface area contributed by atoms with Crippen molar-refractivity contribution in [1.29, 1.82) is 0 Å². The molecular formula is C18H24N2O4S. The van der Waals surface area contributed by atoms with Crippen molar-refractivity contribution >= 4 is 27.9 Å². The highest BCUT2D eigenvalue weighted by molar-refractivity contribution is 7.93. The van der Waals surface area contributed by atoms with Crippen LogP contribution in [0.5, 0.6) is 0 Å². The molecule has 1 unspecified atom stereocenters. The van der Waals surface area contributed by atoms with Gasteiger partial charge in [-0.3, -0.25) is 9.59 Å². The second kappa shape index (κ2) is 9.78. The monoisotopic (exact) mass is 364 g/mol. The highest BCUT2D eigenvalue weighted by atomic mass is 32.2. The van der Waals surface area contributed by atoms with Gasteiger partial charge in [0.2, 0.25) is 11.8 Å². The summed E-state index contributed by atoms with van der Waals surface area (Å²) in [6.45, 7) is 8.01. The third-order valence-electron chi connectivity index (χ3n) is 3.57. The highest BCUT2D eigenvalue weighted by Gasteiger charge is 2.30. The Hall–Kier alpha value is -2.41. The van der Waals surface area contributed by atoms with Crippen molar-refractivity contribution in [2.75, 3.05) is 13.1 Å². The Morgan fingerprint density at radius 2 is 1.80 bits per heavy atom. The van der Waals surface area contributed by atoms with Crippen molar-refractivity contribution in [1.82, 2.24) is 9.62 Å². The fourth-order valence-electron chi connectivity index (χ4n) is 2.22. The van der Waals surface area contributed by atoms with Gasteiger partial charge >= 0.3 is 0 Å². The molecule has 0 saturated carbocycles. The average Bonchev–Trinajstić information content (AvgIpc) is 2.59. The van der Waals surface area contributed by atoms with Crippen LogP contribution in [0.3, 0.4) is 0 Å². The summed E-state index contributed by atoms with van der Waals surface area (Å²) in [7, 11) is -4.00. The largest absolute Gasteiger partial charge is 0.343 e. The van der Waals surface area contributed by atoms with Gasteiger partial charge in [-0.15, -0.1) is 6.58 Å². The number of sulfonamides is 1. The lowest BCUT2D eigenvalue weighted by atomic mass is 10.0. The summed E-state index contributed by atoms with van der Waals surface area (Å²) in [5, 5.41) is 0.910. The van der Waals surface area contributed by atoms with Gasteiger partial charge in [0.15, 0.2) is 0 Å². The summed E-state index contributed by atoms with van der Waals surface area (Å²) >= 11 is 0. The fourth-order valence-corrected chi connectivity index (χ4v) is 3.05. The Balaban J connectivity index is 2.89. The van der Waals surface area contributed by atoms with E-state index in [-0.39, 0.29) is 6.42 Å². The van der Waals surface area contributed by atoms with Gasteiger partial charge in [-0.05, 0) is 31.9 Å². The van der Waals surface area contributed by atoms with Gasteiger partial charge in [0.25, 0.3) is 10.0 Å². The number of nitrogens with one attached hydrogen (secondary N) is 1. The molecule has 0 bridgehead atoms. The minimum Gasteiger partial charge on any atom is -0.343 e. The summed E-state index contributed by atoms with van der Waals surface area (Å²) < 4.78 is 26.1. The van der Waals surface area contributed by atoms with Crippen LogP contribution in [0.4, 0.5) is 0 Å². The SMILES string of the molecule is C=CCC(C(=O)NS(=O)(=O)C=Cc1ccccc1)C(=O)N(CC)CC. The van der Waals surface area contributed by atoms with Gasteiger partial charge in [0.05, 0.1) is 5.41 Å². The van der Waals surface area contributed by atoms with Crippen LogP contribution in [0.25, 0.3) is 6.08 Å². The smallest absolute Gasteiger partial charge is 0.257 e. The zero-order chi connectivity index (χ0) is 18.9. The van der Waals surface area contributed by atoms with E-state index in [1.165, 1.54) is 17.1 Å². The second-order valence-corrected chi connectivity index (χ2v) is 6.88. The molecule has 7 heteroatoms. The molecule has 25 heavy (non-hydrogen) atoms. The van der Waals surface area contributed by atoms with E-state index < -0.39 is 27.8 Å². The van der Waals surface area contributed by atoms with Crippen LogP contribution >= 0.6 is 0 Å². The number of hydrogen-bond acceptors (Lipinski definition) is 4. The molecule has 0 saturated heterocycles. The first-order valence-electron chi connectivity index (χ1n) is 8.04. The van der Waals surface area contributed by atoms with E-state index in [2.05, 4.69) is 6.58 Å². The summed E-state index contributed by atoms with van der Waals surface area (Å²) in [6.07, 6.45) is 2.88. The van der Waals surface area contributed by atoms with Gasteiger partial charge in [0, 0.05) is 13.1 Å². The normalized spacial score (nSPS) is 12.6. The van der Waals surface area contributed by atoms with Crippen LogP contribution in [0.15, 0.2) is 48.4 Å². The number of hydrogen-bond donors (Lipinski definition) is 1. The lowest BCUT2D eigenvalue weighted by molar-refractivity contribution is -0.141. The molecule has 0 aromatic heterocycles. The molecule has 0 aliphatic heterocycles. The zero-order valence-electron chi connectivity index (χ0n) is 14.5. The summed E-state index contributed by atoms with van der Waals surface area (Å²) in [5.74, 6) is -2.38. The van der Waals surface area contributed by atoms with Crippen LogP contribution in [0, 0.1) is 5.92 Å². The Morgan fingerprint density at radius 1 is 1.20 bits per heavy atom. The van der Waals surface area contributed by atoms with E-state index in [1.54, 1.807) is 38.1 Å². The minimum absolute atomic E-state index is 0.0685. The number of allylic oxidation sites excluding steroid dienone is 1. The zero-order valence-corrected chi connectivity index (χ0v) is 15.3. The molecule has 0 aliphatic rings. The lowest BCUT2D eigenvalue weighted by Crippen LogP contribution is -2.44. The fraction of sp³-hybridized carbons (Fsp3) is 0.333. The predicted molar refractivity (Wildman–Crippen MR) is 98.8 cm³/mol. The van der Waals surface area contributed by atoms with Crippen LogP contribution < -0.4 is 4.72 Å². The number of carbonyl (C=O) groups is 2. The Kier molecular flexibility index (Phi) is 8.07. The molecule has 1 atom stereocenters. The van der Waals surface area contributed by atoms with Crippen LogP contribution in [-0.4, -0.2) is 38.2 Å². The Bertz CT molecular complexity index is 723. The van der Waals surface area contributed by atoms with Crippen molar-refractivity contribution in [2.45, 2.75) is 20.3 Å². The predicted octanol–water partition coefficient (Wildman–Crippen LogP) is 2.16. The molecule has 2 amide bonds. The maximum atomic E-state index is 12.4. The Labute approximate surface area is 149 Å². The van der Waals surface area contributed by atoms with Crippen molar-refractivity contribution in [3.8, 4) is 0 Å². The minimum atomic E-state index is -4.00.